The van der Waals surface area contributed by atoms with Gasteiger partial charge in [0, 0.05) is 10.6 Å². The Bertz CT molecular complexity index is 769. The quantitative estimate of drug-likeness (QED) is 0.597. The Hall–Kier alpha value is -2.58. The number of halogens is 1. The number of carbonyl (C=O) groups excluding carboxylic acids is 1. The predicted molar refractivity (Wildman–Crippen MR) is 89.1 cm³/mol. The third-order valence-corrected chi connectivity index (χ3v) is 3.47. The van der Waals surface area contributed by atoms with Crippen molar-refractivity contribution in [1.29, 1.82) is 0 Å². The van der Waals surface area contributed by atoms with Crippen molar-refractivity contribution < 1.29 is 9.53 Å². The second-order valence-corrected chi connectivity index (χ2v) is 5.23. The van der Waals surface area contributed by atoms with Crippen LogP contribution >= 0.6 is 11.6 Å². The summed E-state index contributed by atoms with van der Waals surface area (Å²) in [6.07, 6.45) is 7.26. The molecular weight excluding hydrogens is 296 g/mol. The van der Waals surface area contributed by atoms with Gasteiger partial charge < -0.3 is 4.74 Å². The van der Waals surface area contributed by atoms with Gasteiger partial charge in [-0.05, 0) is 42.0 Å². The summed E-state index contributed by atoms with van der Waals surface area (Å²) < 4.78 is 5.28. The van der Waals surface area contributed by atoms with Gasteiger partial charge in [-0.2, -0.15) is 0 Å². The van der Waals surface area contributed by atoms with Crippen molar-refractivity contribution in [2.45, 2.75) is 0 Å². The van der Waals surface area contributed by atoms with Crippen LogP contribution in [0.5, 0.6) is 0 Å². The van der Waals surface area contributed by atoms with Gasteiger partial charge in [-0.15, -0.1) is 0 Å². The maximum absolute atomic E-state index is 11.9. The molecule has 0 atom stereocenters. The van der Waals surface area contributed by atoms with E-state index in [9.17, 15) is 4.79 Å². The molecule has 0 aliphatic carbocycles. The van der Waals surface area contributed by atoms with Gasteiger partial charge in [-0.1, -0.05) is 54.1 Å². The maximum atomic E-state index is 11.9. The van der Waals surface area contributed by atoms with E-state index in [0.717, 1.165) is 11.1 Å². The van der Waals surface area contributed by atoms with Crippen LogP contribution in [0.3, 0.4) is 0 Å². The molecule has 3 rings (SSSR count). The van der Waals surface area contributed by atoms with Crippen LogP contribution in [0.25, 0.3) is 11.8 Å². The van der Waals surface area contributed by atoms with Crippen molar-refractivity contribution >= 4 is 29.4 Å². The maximum Gasteiger partial charge on any atom is 0.343 e. The molecule has 0 unspecified atom stereocenters. The van der Waals surface area contributed by atoms with E-state index < -0.39 is 0 Å². The molecule has 0 bridgehead atoms. The molecule has 1 heterocycles. The Morgan fingerprint density at radius 3 is 2.41 bits per heavy atom. The highest BCUT2D eigenvalue weighted by Crippen LogP contribution is 2.27. The molecule has 0 saturated heterocycles. The van der Waals surface area contributed by atoms with Gasteiger partial charge in [0.15, 0.2) is 0 Å². The monoisotopic (exact) mass is 308 g/mol. The molecule has 0 fully saturated rings. The van der Waals surface area contributed by atoms with E-state index in [1.54, 1.807) is 24.3 Å². The van der Waals surface area contributed by atoms with Gasteiger partial charge in [0.05, 0.1) is 5.57 Å². The van der Waals surface area contributed by atoms with Crippen LogP contribution in [0, 0.1) is 0 Å². The van der Waals surface area contributed by atoms with E-state index in [-0.39, 0.29) is 5.97 Å². The number of hydrogen-bond acceptors (Lipinski definition) is 2. The lowest BCUT2D eigenvalue weighted by Crippen LogP contribution is -1.96. The summed E-state index contributed by atoms with van der Waals surface area (Å²) in [5.41, 5.74) is 2.43. The van der Waals surface area contributed by atoms with E-state index >= 15 is 0 Å². The fourth-order valence-corrected chi connectivity index (χ4v) is 2.21. The minimum Gasteiger partial charge on any atom is -0.422 e. The first-order valence-electron chi connectivity index (χ1n) is 6.85. The van der Waals surface area contributed by atoms with Crippen molar-refractivity contribution in [3.05, 3.63) is 94.5 Å². The molecule has 2 aromatic carbocycles. The second kappa shape index (κ2) is 6.46. The Morgan fingerprint density at radius 1 is 0.955 bits per heavy atom. The van der Waals surface area contributed by atoms with E-state index in [4.69, 9.17) is 16.3 Å². The topological polar surface area (TPSA) is 26.3 Å². The number of carbonyl (C=O) groups is 1. The number of cyclic esters (lactones) is 1. The van der Waals surface area contributed by atoms with Crippen molar-refractivity contribution in [2.24, 2.45) is 0 Å². The first kappa shape index (κ1) is 14.4. The molecule has 0 radical (unpaired) electrons. The average molecular weight is 309 g/mol. The van der Waals surface area contributed by atoms with Crippen molar-refractivity contribution in [3.8, 4) is 0 Å². The first-order valence-corrected chi connectivity index (χ1v) is 7.23. The molecule has 0 amide bonds. The zero-order chi connectivity index (χ0) is 15.4. The van der Waals surface area contributed by atoms with Crippen molar-refractivity contribution in [3.63, 3.8) is 0 Å². The summed E-state index contributed by atoms with van der Waals surface area (Å²) in [6, 6.07) is 17.1. The predicted octanol–water partition coefficient (Wildman–Crippen LogP) is 4.88. The van der Waals surface area contributed by atoms with Crippen LogP contribution in [0.15, 0.2) is 78.4 Å². The van der Waals surface area contributed by atoms with E-state index in [0.29, 0.717) is 16.4 Å². The molecule has 3 heteroatoms. The molecule has 108 valence electrons. The minimum atomic E-state index is -0.345. The smallest absolute Gasteiger partial charge is 0.343 e. The molecule has 1 aliphatic rings. The zero-order valence-corrected chi connectivity index (χ0v) is 12.5. The third kappa shape index (κ3) is 3.35. The first-order chi connectivity index (χ1) is 10.7. The Labute approximate surface area is 134 Å². The number of rotatable bonds is 3. The van der Waals surface area contributed by atoms with Crippen molar-refractivity contribution in [1.82, 2.24) is 0 Å². The van der Waals surface area contributed by atoms with Gasteiger partial charge in [0.1, 0.15) is 5.76 Å². The molecule has 0 aromatic heterocycles. The molecule has 0 spiro atoms. The molecule has 22 heavy (non-hydrogen) atoms. The van der Waals surface area contributed by atoms with E-state index in [1.165, 1.54) is 0 Å². The second-order valence-electron chi connectivity index (χ2n) is 4.80. The summed E-state index contributed by atoms with van der Waals surface area (Å²) in [5, 5.41) is 0.648. The number of hydrogen-bond donors (Lipinski definition) is 0. The SMILES string of the molecule is O=C1OC(c2ccc(Cl)cc2)=CC1=CC=Cc1ccccc1. The summed E-state index contributed by atoms with van der Waals surface area (Å²) in [7, 11) is 0. The van der Waals surface area contributed by atoms with Gasteiger partial charge in [0.2, 0.25) is 0 Å². The minimum absolute atomic E-state index is 0.345. The Balaban J connectivity index is 1.79. The van der Waals surface area contributed by atoms with Crippen LogP contribution < -0.4 is 0 Å². The average Bonchev–Trinajstić information content (AvgIpc) is 2.90. The van der Waals surface area contributed by atoms with Crippen LogP contribution in [0.1, 0.15) is 11.1 Å². The van der Waals surface area contributed by atoms with Gasteiger partial charge >= 0.3 is 5.97 Å². The summed E-state index contributed by atoms with van der Waals surface area (Å²) in [6.45, 7) is 0. The summed E-state index contributed by atoms with van der Waals surface area (Å²) in [4.78, 5) is 11.9. The highest BCUT2D eigenvalue weighted by molar-refractivity contribution is 6.30. The van der Waals surface area contributed by atoms with Crippen molar-refractivity contribution in [2.75, 3.05) is 0 Å². The zero-order valence-electron chi connectivity index (χ0n) is 11.7. The standard InChI is InChI=1S/C19H13ClO2/c20-17-11-9-15(10-12-17)18-13-16(19(21)22-18)8-4-7-14-5-2-1-3-6-14/h1-13H. The highest BCUT2D eigenvalue weighted by Gasteiger charge is 2.21. The Kier molecular flexibility index (Phi) is 4.22. The molecule has 0 saturated carbocycles. The fourth-order valence-electron chi connectivity index (χ4n) is 2.09. The molecule has 0 N–H and O–H groups in total. The highest BCUT2D eigenvalue weighted by atomic mass is 35.5. The third-order valence-electron chi connectivity index (χ3n) is 3.22. The number of benzene rings is 2. The normalized spacial score (nSPS) is 16.1. The lowest BCUT2D eigenvalue weighted by atomic mass is 10.1. The van der Waals surface area contributed by atoms with E-state index in [2.05, 4.69) is 0 Å². The van der Waals surface area contributed by atoms with Crippen LogP contribution in [0.4, 0.5) is 0 Å². The van der Waals surface area contributed by atoms with Crippen LogP contribution in [0.2, 0.25) is 5.02 Å². The van der Waals surface area contributed by atoms with E-state index in [1.807, 2.05) is 54.6 Å². The lowest BCUT2D eigenvalue weighted by molar-refractivity contribution is -0.130. The lowest BCUT2D eigenvalue weighted by Gasteiger charge is -2.00. The molecule has 2 aromatic rings. The molecule has 2 nitrogen and oxygen atoms in total. The summed E-state index contributed by atoms with van der Waals surface area (Å²) >= 11 is 5.85. The molecular formula is C19H13ClO2. The number of ether oxygens (including phenoxy) is 1. The fraction of sp³-hybridized carbons (Fsp3) is 0. The van der Waals surface area contributed by atoms with Gasteiger partial charge in [-0.25, -0.2) is 4.79 Å². The number of allylic oxidation sites excluding steroid dienone is 2. The van der Waals surface area contributed by atoms with Gasteiger partial charge in [-0.3, -0.25) is 0 Å². The Morgan fingerprint density at radius 2 is 1.68 bits per heavy atom. The number of esters is 1. The summed E-state index contributed by atoms with van der Waals surface area (Å²) in [5.74, 6) is 0.198. The largest absolute Gasteiger partial charge is 0.422 e. The van der Waals surface area contributed by atoms with Crippen LogP contribution in [-0.4, -0.2) is 5.97 Å². The van der Waals surface area contributed by atoms with Gasteiger partial charge in [0.25, 0.3) is 0 Å². The van der Waals surface area contributed by atoms with Crippen LogP contribution in [-0.2, 0) is 9.53 Å². The molecule has 1 aliphatic heterocycles.